The fourth-order valence-electron chi connectivity index (χ4n) is 3.89. The van der Waals surface area contributed by atoms with E-state index in [0.717, 1.165) is 37.0 Å². The van der Waals surface area contributed by atoms with Crippen molar-refractivity contribution in [1.82, 2.24) is 15.5 Å². The third-order valence-electron chi connectivity index (χ3n) is 5.58. The predicted molar refractivity (Wildman–Crippen MR) is 102 cm³/mol. The molecular weight excluding hydrogens is 360 g/mol. The number of carbonyl (C=O) groups excluding carboxylic acids is 4. The number of anilines is 1. The van der Waals surface area contributed by atoms with Gasteiger partial charge in [-0.25, -0.2) is 4.79 Å². The molecule has 1 aliphatic heterocycles. The van der Waals surface area contributed by atoms with Gasteiger partial charge in [0.2, 0.25) is 5.91 Å². The molecule has 8 nitrogen and oxygen atoms in total. The van der Waals surface area contributed by atoms with Gasteiger partial charge in [-0.3, -0.25) is 19.3 Å². The highest BCUT2D eigenvalue weighted by Crippen LogP contribution is 2.33. The van der Waals surface area contributed by atoms with Gasteiger partial charge in [-0.15, -0.1) is 0 Å². The summed E-state index contributed by atoms with van der Waals surface area (Å²) in [5.74, 6) is -0.965. The summed E-state index contributed by atoms with van der Waals surface area (Å²) in [6, 6.07) is 6.35. The maximum absolute atomic E-state index is 12.7. The van der Waals surface area contributed by atoms with Crippen molar-refractivity contribution in [1.29, 1.82) is 0 Å². The van der Waals surface area contributed by atoms with Crippen LogP contribution in [0.4, 0.5) is 10.5 Å². The number of nitrogens with one attached hydrogen (secondary N) is 3. The third-order valence-corrected chi connectivity index (χ3v) is 5.58. The van der Waals surface area contributed by atoms with Gasteiger partial charge in [0.25, 0.3) is 11.8 Å². The number of hydrogen-bond donors (Lipinski definition) is 3. The second kappa shape index (κ2) is 7.26. The topological polar surface area (TPSA) is 108 Å². The predicted octanol–water partition coefficient (Wildman–Crippen LogP) is 1.77. The number of nitrogens with zero attached hydrogens (tertiary/aromatic N) is 1. The molecule has 3 N–H and O–H groups in total. The van der Waals surface area contributed by atoms with E-state index >= 15 is 0 Å². The van der Waals surface area contributed by atoms with E-state index in [1.165, 1.54) is 0 Å². The van der Waals surface area contributed by atoms with Gasteiger partial charge in [-0.05, 0) is 43.9 Å². The molecular formula is C20H24N4O4. The lowest BCUT2D eigenvalue weighted by atomic mass is 9.82. The number of imide groups is 1. The van der Waals surface area contributed by atoms with Crippen LogP contribution in [-0.4, -0.2) is 46.8 Å². The number of carbonyl (C=O) groups is 4. The van der Waals surface area contributed by atoms with E-state index in [9.17, 15) is 19.2 Å². The zero-order chi connectivity index (χ0) is 19.7. The fraction of sp³-hybridized carbons (Fsp3) is 0.500. The van der Waals surface area contributed by atoms with E-state index in [1.807, 2.05) is 0 Å². The van der Waals surface area contributed by atoms with Crippen molar-refractivity contribution in [2.45, 2.75) is 56.5 Å². The minimum Gasteiger partial charge on any atom is -0.349 e. The molecule has 3 fully saturated rings. The Hall–Kier alpha value is -2.90. The lowest BCUT2D eigenvalue weighted by Crippen LogP contribution is -2.48. The van der Waals surface area contributed by atoms with E-state index in [1.54, 1.807) is 24.3 Å². The van der Waals surface area contributed by atoms with Gasteiger partial charge in [0.05, 0.1) is 0 Å². The van der Waals surface area contributed by atoms with Crippen LogP contribution >= 0.6 is 0 Å². The SMILES string of the molecule is O=C(CN1C(=O)NC2(CCCCC2)C1=O)Nc1cccc(C(=O)NC2CC2)c1. The lowest BCUT2D eigenvalue weighted by molar-refractivity contribution is -0.134. The molecule has 148 valence electrons. The Morgan fingerprint density at radius 3 is 2.61 bits per heavy atom. The number of benzene rings is 1. The maximum Gasteiger partial charge on any atom is 0.325 e. The Morgan fingerprint density at radius 2 is 1.89 bits per heavy atom. The van der Waals surface area contributed by atoms with Crippen LogP contribution in [0, 0.1) is 0 Å². The Labute approximate surface area is 163 Å². The van der Waals surface area contributed by atoms with E-state index in [4.69, 9.17) is 0 Å². The number of urea groups is 1. The maximum atomic E-state index is 12.7. The van der Waals surface area contributed by atoms with Crippen LogP contribution in [0.15, 0.2) is 24.3 Å². The summed E-state index contributed by atoms with van der Waals surface area (Å²) in [6.07, 6.45) is 6.06. The van der Waals surface area contributed by atoms with Crippen molar-refractivity contribution in [3.8, 4) is 0 Å². The van der Waals surface area contributed by atoms with Crippen molar-refractivity contribution in [3.05, 3.63) is 29.8 Å². The minimum atomic E-state index is -0.837. The summed E-state index contributed by atoms with van der Waals surface area (Å²) < 4.78 is 0. The molecule has 1 aromatic rings. The second-order valence-corrected chi connectivity index (χ2v) is 7.84. The zero-order valence-corrected chi connectivity index (χ0v) is 15.6. The summed E-state index contributed by atoms with van der Waals surface area (Å²) in [4.78, 5) is 50.5. The van der Waals surface area contributed by atoms with E-state index in [0.29, 0.717) is 24.1 Å². The monoisotopic (exact) mass is 384 g/mol. The van der Waals surface area contributed by atoms with Gasteiger partial charge in [0, 0.05) is 17.3 Å². The molecule has 1 aromatic carbocycles. The summed E-state index contributed by atoms with van der Waals surface area (Å²) in [5, 5.41) is 8.36. The molecule has 0 aromatic heterocycles. The Balaban J connectivity index is 1.38. The van der Waals surface area contributed by atoms with Crippen molar-refractivity contribution < 1.29 is 19.2 Å². The molecule has 3 aliphatic rings. The van der Waals surface area contributed by atoms with Gasteiger partial charge in [-0.2, -0.15) is 0 Å². The molecule has 2 aliphatic carbocycles. The molecule has 0 bridgehead atoms. The standard InChI is InChI=1S/C20H24N4O4/c25-16(12-24-18(27)20(23-19(24)28)9-2-1-3-10-20)21-15-6-4-5-13(11-15)17(26)22-14-7-8-14/h4-6,11,14H,1-3,7-10,12H2,(H,21,25)(H,22,26)(H,23,28). The van der Waals surface area contributed by atoms with E-state index in [2.05, 4.69) is 16.0 Å². The van der Waals surface area contributed by atoms with Crippen molar-refractivity contribution in [2.75, 3.05) is 11.9 Å². The van der Waals surface area contributed by atoms with Crippen LogP contribution < -0.4 is 16.0 Å². The highest BCUT2D eigenvalue weighted by molar-refractivity contribution is 6.10. The first kappa shape index (κ1) is 18.5. The third kappa shape index (κ3) is 3.72. The van der Waals surface area contributed by atoms with Crippen molar-refractivity contribution in [3.63, 3.8) is 0 Å². The average molecular weight is 384 g/mol. The van der Waals surface area contributed by atoms with Crippen molar-refractivity contribution >= 4 is 29.4 Å². The molecule has 1 heterocycles. The second-order valence-electron chi connectivity index (χ2n) is 7.84. The molecule has 0 atom stereocenters. The normalized spacial score (nSPS) is 20.8. The van der Waals surface area contributed by atoms with Gasteiger partial charge in [0.15, 0.2) is 0 Å². The van der Waals surface area contributed by atoms with Gasteiger partial charge in [-0.1, -0.05) is 25.3 Å². The van der Waals surface area contributed by atoms with Gasteiger partial charge < -0.3 is 16.0 Å². The summed E-state index contributed by atoms with van der Waals surface area (Å²) >= 11 is 0. The highest BCUT2D eigenvalue weighted by Gasteiger charge is 2.51. The van der Waals surface area contributed by atoms with Crippen molar-refractivity contribution in [2.24, 2.45) is 0 Å². The van der Waals surface area contributed by atoms with E-state index in [-0.39, 0.29) is 24.4 Å². The summed E-state index contributed by atoms with van der Waals surface area (Å²) in [5.41, 5.74) is 0.0740. The molecule has 0 unspecified atom stereocenters. The summed E-state index contributed by atoms with van der Waals surface area (Å²) in [7, 11) is 0. The van der Waals surface area contributed by atoms with Gasteiger partial charge in [0.1, 0.15) is 12.1 Å². The largest absolute Gasteiger partial charge is 0.349 e. The van der Waals surface area contributed by atoms with Crippen LogP contribution in [0.1, 0.15) is 55.3 Å². The van der Waals surface area contributed by atoms with Crippen LogP contribution in [0.3, 0.4) is 0 Å². The smallest absolute Gasteiger partial charge is 0.325 e. The minimum absolute atomic E-state index is 0.174. The number of rotatable bonds is 5. The van der Waals surface area contributed by atoms with Crippen LogP contribution in [0.5, 0.6) is 0 Å². The first-order valence-corrected chi connectivity index (χ1v) is 9.82. The molecule has 5 amide bonds. The first-order chi connectivity index (χ1) is 13.5. The zero-order valence-electron chi connectivity index (χ0n) is 15.6. The fourth-order valence-corrected chi connectivity index (χ4v) is 3.89. The Kier molecular flexibility index (Phi) is 4.78. The molecule has 2 saturated carbocycles. The first-order valence-electron chi connectivity index (χ1n) is 9.82. The molecule has 8 heteroatoms. The number of hydrogen-bond acceptors (Lipinski definition) is 4. The molecule has 1 saturated heterocycles. The van der Waals surface area contributed by atoms with Gasteiger partial charge >= 0.3 is 6.03 Å². The van der Waals surface area contributed by atoms with Crippen LogP contribution in [0.2, 0.25) is 0 Å². The molecule has 28 heavy (non-hydrogen) atoms. The van der Waals surface area contributed by atoms with E-state index < -0.39 is 17.5 Å². The number of amides is 5. The molecule has 4 rings (SSSR count). The van der Waals surface area contributed by atoms with Crippen LogP contribution in [-0.2, 0) is 9.59 Å². The quantitative estimate of drug-likeness (QED) is 0.673. The Bertz CT molecular complexity index is 827. The highest BCUT2D eigenvalue weighted by atomic mass is 16.2. The molecule has 0 radical (unpaired) electrons. The molecule has 1 spiro atoms. The summed E-state index contributed by atoms with van der Waals surface area (Å²) in [6.45, 7) is -0.342. The lowest BCUT2D eigenvalue weighted by Gasteiger charge is -2.30. The Morgan fingerprint density at radius 1 is 1.14 bits per heavy atom. The average Bonchev–Trinajstić information content (AvgIpc) is 3.47. The van der Waals surface area contributed by atoms with Crippen LogP contribution in [0.25, 0.3) is 0 Å².